The number of halogens is 2. The van der Waals surface area contributed by atoms with E-state index in [2.05, 4.69) is 0 Å². The van der Waals surface area contributed by atoms with Gasteiger partial charge in [0.1, 0.15) is 0 Å². The summed E-state index contributed by atoms with van der Waals surface area (Å²) in [5, 5.41) is 0.621. The Morgan fingerprint density at radius 3 is 2.18 bits per heavy atom. The summed E-state index contributed by atoms with van der Waals surface area (Å²) in [7, 11) is 0. The van der Waals surface area contributed by atoms with E-state index in [-0.39, 0.29) is 42.0 Å². The monoisotopic (exact) mass is 420 g/mol. The van der Waals surface area contributed by atoms with Crippen molar-refractivity contribution >= 4 is 35.7 Å². The fourth-order valence-corrected chi connectivity index (χ4v) is 3.74. The molecule has 2 N–H and O–H groups in total. The zero-order valence-corrected chi connectivity index (χ0v) is 17.5. The van der Waals surface area contributed by atoms with E-state index in [4.69, 9.17) is 17.3 Å². The number of benzene rings is 2. The van der Waals surface area contributed by atoms with E-state index in [0.29, 0.717) is 36.5 Å². The van der Waals surface area contributed by atoms with Crippen molar-refractivity contribution in [2.45, 2.75) is 25.8 Å². The lowest BCUT2D eigenvalue weighted by Crippen LogP contribution is -2.44. The molecule has 0 spiro atoms. The lowest BCUT2D eigenvalue weighted by molar-refractivity contribution is -0.137. The molecule has 1 amide bonds. The van der Waals surface area contributed by atoms with Crippen LogP contribution in [-0.4, -0.2) is 29.7 Å². The summed E-state index contributed by atoms with van der Waals surface area (Å²) in [6.07, 6.45) is 1.36. The first-order chi connectivity index (χ1) is 13.0. The first-order valence-electron chi connectivity index (χ1n) is 9.36. The molecule has 0 aromatic heterocycles. The Labute approximate surface area is 177 Å². The highest BCUT2D eigenvalue weighted by atomic mass is 35.5. The first-order valence-corrected chi connectivity index (χ1v) is 9.74. The minimum Gasteiger partial charge on any atom is -0.342 e. The molecule has 0 aliphatic carbocycles. The zero-order valence-electron chi connectivity index (χ0n) is 15.9. The molecule has 2 aromatic carbocycles. The maximum atomic E-state index is 12.8. The van der Waals surface area contributed by atoms with Crippen LogP contribution in [0.4, 0.5) is 0 Å². The molecule has 1 saturated heterocycles. The fourth-order valence-electron chi connectivity index (χ4n) is 3.62. The highest BCUT2D eigenvalue weighted by molar-refractivity contribution is 6.30. The van der Waals surface area contributed by atoms with Crippen molar-refractivity contribution in [1.29, 1.82) is 0 Å². The molecule has 4 nitrogen and oxygen atoms in total. The predicted octanol–water partition coefficient (Wildman–Crippen LogP) is 4.52. The molecule has 1 fully saturated rings. The maximum absolute atomic E-state index is 12.8. The van der Waals surface area contributed by atoms with Crippen molar-refractivity contribution in [2.24, 2.45) is 17.6 Å². The molecule has 6 heteroatoms. The van der Waals surface area contributed by atoms with Crippen LogP contribution in [0.5, 0.6) is 0 Å². The number of carbonyl (C=O) groups excluding carboxylic acids is 2. The molecule has 2 atom stereocenters. The summed E-state index contributed by atoms with van der Waals surface area (Å²) in [4.78, 5) is 27.3. The van der Waals surface area contributed by atoms with Crippen LogP contribution in [-0.2, 0) is 4.79 Å². The van der Waals surface area contributed by atoms with Gasteiger partial charge in [0.25, 0.3) is 0 Å². The van der Waals surface area contributed by atoms with Gasteiger partial charge < -0.3 is 10.6 Å². The minimum absolute atomic E-state index is 0. The number of hydrogen-bond donors (Lipinski definition) is 1. The van der Waals surface area contributed by atoms with Gasteiger partial charge in [0.15, 0.2) is 5.78 Å². The number of rotatable bonds is 5. The molecule has 3 rings (SSSR count). The van der Waals surface area contributed by atoms with Gasteiger partial charge in [0, 0.05) is 35.6 Å². The summed E-state index contributed by atoms with van der Waals surface area (Å²) in [6, 6.07) is 16.4. The molecule has 150 valence electrons. The second kappa shape index (κ2) is 10.1. The third-order valence-corrected chi connectivity index (χ3v) is 5.67. The second-order valence-electron chi connectivity index (χ2n) is 7.20. The van der Waals surface area contributed by atoms with Crippen molar-refractivity contribution < 1.29 is 9.59 Å². The van der Waals surface area contributed by atoms with E-state index >= 15 is 0 Å². The molecule has 0 radical (unpaired) electrons. The van der Waals surface area contributed by atoms with Crippen LogP contribution in [0, 0.1) is 11.8 Å². The Morgan fingerprint density at radius 2 is 1.61 bits per heavy atom. The highest BCUT2D eigenvalue weighted by Crippen LogP contribution is 2.26. The van der Waals surface area contributed by atoms with E-state index in [1.165, 1.54) is 0 Å². The van der Waals surface area contributed by atoms with Gasteiger partial charge in [0.2, 0.25) is 5.91 Å². The Bertz CT molecular complexity index is 788. The number of nitrogens with two attached hydrogens (primary N) is 1. The molecule has 0 bridgehead atoms. The Hall–Kier alpha value is -1.88. The summed E-state index contributed by atoms with van der Waals surface area (Å²) in [5.74, 6) is -0.152. The molecule has 1 aliphatic rings. The predicted molar refractivity (Wildman–Crippen MR) is 115 cm³/mol. The first kappa shape index (κ1) is 22.4. The van der Waals surface area contributed by atoms with E-state index < -0.39 is 0 Å². The number of piperidine rings is 1. The van der Waals surface area contributed by atoms with Gasteiger partial charge in [-0.25, -0.2) is 0 Å². The average Bonchev–Trinajstić information content (AvgIpc) is 2.73. The van der Waals surface area contributed by atoms with Gasteiger partial charge in [-0.3, -0.25) is 9.59 Å². The number of Topliss-reactive ketones (excluding diaryl/α,β-unsaturated/α-hetero) is 1. The molecule has 1 aliphatic heterocycles. The minimum atomic E-state index is -0.327. The van der Waals surface area contributed by atoms with Crippen LogP contribution in [0.15, 0.2) is 54.6 Å². The number of amides is 1. The van der Waals surface area contributed by atoms with Gasteiger partial charge in [-0.1, -0.05) is 48.9 Å². The van der Waals surface area contributed by atoms with Gasteiger partial charge in [0.05, 0.1) is 5.92 Å². The molecular formula is C22H26Cl2N2O2. The van der Waals surface area contributed by atoms with Crippen LogP contribution < -0.4 is 5.73 Å². The van der Waals surface area contributed by atoms with Gasteiger partial charge in [-0.15, -0.1) is 12.4 Å². The molecule has 28 heavy (non-hydrogen) atoms. The zero-order chi connectivity index (χ0) is 19.4. The quantitative estimate of drug-likeness (QED) is 0.723. The summed E-state index contributed by atoms with van der Waals surface area (Å²) < 4.78 is 0. The lowest BCUT2D eigenvalue weighted by Gasteiger charge is -2.34. The van der Waals surface area contributed by atoms with E-state index in [9.17, 15) is 9.59 Å². The third kappa shape index (κ3) is 5.13. The van der Waals surface area contributed by atoms with Crippen LogP contribution in [0.3, 0.4) is 0 Å². The SMILES string of the molecule is CC(C(=O)N1CCC(C(=O)c2ccc(Cl)cc2)CC1)C(N)c1ccccc1.Cl. The molecule has 2 unspecified atom stereocenters. The third-order valence-electron chi connectivity index (χ3n) is 5.42. The van der Waals surface area contributed by atoms with Gasteiger partial charge in [-0.2, -0.15) is 0 Å². The fraction of sp³-hybridized carbons (Fsp3) is 0.364. The van der Waals surface area contributed by atoms with Crippen LogP contribution in [0.25, 0.3) is 0 Å². The van der Waals surface area contributed by atoms with E-state index in [1.54, 1.807) is 24.3 Å². The van der Waals surface area contributed by atoms with Gasteiger partial charge in [-0.05, 0) is 42.7 Å². The van der Waals surface area contributed by atoms with Crippen LogP contribution in [0.2, 0.25) is 5.02 Å². The van der Waals surface area contributed by atoms with Gasteiger partial charge >= 0.3 is 0 Å². The molecule has 2 aromatic rings. The largest absolute Gasteiger partial charge is 0.342 e. The second-order valence-corrected chi connectivity index (χ2v) is 7.63. The Balaban J connectivity index is 0.00000280. The number of carbonyl (C=O) groups is 2. The van der Waals surface area contributed by atoms with Crippen molar-refractivity contribution in [3.05, 3.63) is 70.7 Å². The Kier molecular flexibility index (Phi) is 8.05. The van der Waals surface area contributed by atoms with Crippen molar-refractivity contribution in [1.82, 2.24) is 4.90 Å². The van der Waals surface area contributed by atoms with Crippen molar-refractivity contribution in [3.63, 3.8) is 0 Å². The van der Waals surface area contributed by atoms with E-state index in [1.807, 2.05) is 42.2 Å². The average molecular weight is 421 g/mol. The standard InChI is InChI=1S/C22H25ClN2O2.ClH/c1-15(20(24)16-5-3-2-4-6-16)22(27)25-13-11-18(12-14-25)21(26)17-7-9-19(23)10-8-17;/h2-10,15,18,20H,11-14,24H2,1H3;1H. The molecule has 0 saturated carbocycles. The molecular weight excluding hydrogens is 395 g/mol. The molecule has 1 heterocycles. The smallest absolute Gasteiger partial charge is 0.227 e. The van der Waals surface area contributed by atoms with Crippen LogP contribution in [0.1, 0.15) is 41.7 Å². The maximum Gasteiger partial charge on any atom is 0.227 e. The topological polar surface area (TPSA) is 63.4 Å². The number of hydrogen-bond acceptors (Lipinski definition) is 3. The van der Waals surface area contributed by atoms with Crippen LogP contribution >= 0.6 is 24.0 Å². The number of nitrogens with zero attached hydrogens (tertiary/aromatic N) is 1. The summed E-state index contributed by atoms with van der Waals surface area (Å²) >= 11 is 5.89. The summed E-state index contributed by atoms with van der Waals surface area (Å²) in [6.45, 7) is 3.06. The summed E-state index contributed by atoms with van der Waals surface area (Å²) in [5.41, 5.74) is 7.95. The van der Waals surface area contributed by atoms with Crippen molar-refractivity contribution in [2.75, 3.05) is 13.1 Å². The highest BCUT2D eigenvalue weighted by Gasteiger charge is 2.32. The normalized spacial score (nSPS) is 16.8. The van der Waals surface area contributed by atoms with Crippen molar-refractivity contribution in [3.8, 4) is 0 Å². The number of likely N-dealkylation sites (tertiary alicyclic amines) is 1. The lowest BCUT2D eigenvalue weighted by atomic mass is 9.87. The van der Waals surface area contributed by atoms with E-state index in [0.717, 1.165) is 5.56 Å². The Morgan fingerprint density at radius 1 is 1.04 bits per heavy atom. The number of ketones is 1.